The number of hydrogen-bond acceptors (Lipinski definition) is 2. The molecule has 1 rings (SSSR count). The van der Waals surface area contributed by atoms with Gasteiger partial charge in [-0.05, 0) is 18.4 Å². The quantitative estimate of drug-likeness (QED) is 0.851. The average molecular weight is 249 g/mol. The number of aromatic amines is 1. The van der Waals surface area contributed by atoms with Crippen molar-refractivity contribution in [2.75, 3.05) is 0 Å². The van der Waals surface area contributed by atoms with Gasteiger partial charge < -0.3 is 5.11 Å². The zero-order valence-electron chi connectivity index (χ0n) is 7.41. The van der Waals surface area contributed by atoms with Gasteiger partial charge >= 0.3 is 5.97 Å². The minimum atomic E-state index is -0.766. The molecule has 0 aliphatic carbocycles. The number of aromatic nitrogens is 2. The van der Waals surface area contributed by atoms with Gasteiger partial charge in [-0.3, -0.25) is 9.89 Å². The first-order chi connectivity index (χ1) is 5.74. The van der Waals surface area contributed by atoms with E-state index in [1.807, 2.05) is 6.92 Å². The van der Waals surface area contributed by atoms with Gasteiger partial charge in [-0.2, -0.15) is 5.10 Å². The summed E-state index contributed by atoms with van der Waals surface area (Å²) in [6.07, 6.45) is 3.30. The van der Waals surface area contributed by atoms with Gasteiger partial charge in [0.05, 0.1) is 6.20 Å². The van der Waals surface area contributed by atoms with Crippen LogP contribution in [0.5, 0.6) is 0 Å². The normalized spacial score (nSPS) is 9.31. The lowest BCUT2D eigenvalue weighted by molar-refractivity contribution is -0.136. The summed E-state index contributed by atoms with van der Waals surface area (Å²) in [5.74, 6) is -0.766. The van der Waals surface area contributed by atoms with Crippen LogP contribution < -0.4 is 0 Å². The van der Waals surface area contributed by atoms with E-state index in [2.05, 4.69) is 10.2 Å². The van der Waals surface area contributed by atoms with E-state index in [0.29, 0.717) is 6.42 Å². The van der Waals surface area contributed by atoms with Crippen molar-refractivity contribution in [3.8, 4) is 0 Å². The molecule has 74 valence electrons. The van der Waals surface area contributed by atoms with E-state index in [1.54, 1.807) is 6.20 Å². The fraction of sp³-hybridized carbons (Fsp3) is 0.500. The predicted molar refractivity (Wildman–Crippen MR) is 54.2 cm³/mol. The van der Waals surface area contributed by atoms with E-state index in [-0.39, 0.29) is 23.4 Å². The molecule has 13 heavy (non-hydrogen) atoms. The Balaban J connectivity index is 0.00000144. The summed E-state index contributed by atoms with van der Waals surface area (Å²) in [5.41, 5.74) is 2.05. The summed E-state index contributed by atoms with van der Waals surface area (Å²) in [6, 6.07) is 0. The van der Waals surface area contributed by atoms with Gasteiger partial charge in [0, 0.05) is 12.1 Å². The van der Waals surface area contributed by atoms with Crippen LogP contribution in [0.15, 0.2) is 6.20 Å². The summed E-state index contributed by atoms with van der Waals surface area (Å²) in [5, 5.41) is 15.1. The molecule has 0 aromatic carbocycles. The van der Waals surface area contributed by atoms with Crippen molar-refractivity contribution in [3.63, 3.8) is 0 Å². The van der Waals surface area contributed by atoms with Gasteiger partial charge in [0.1, 0.15) is 0 Å². The Morgan fingerprint density at radius 1 is 1.69 bits per heavy atom. The van der Waals surface area contributed by atoms with Gasteiger partial charge in [-0.15, -0.1) is 17.0 Å². The molecule has 1 aromatic rings. The van der Waals surface area contributed by atoms with Crippen LogP contribution in [-0.4, -0.2) is 21.3 Å². The maximum Gasteiger partial charge on any atom is 0.303 e. The Morgan fingerprint density at radius 2 is 2.38 bits per heavy atom. The number of halogens is 1. The molecule has 0 spiro atoms. The second kappa shape index (κ2) is 5.75. The fourth-order valence-corrected chi connectivity index (χ4v) is 1.10. The minimum absolute atomic E-state index is 0. The molecule has 1 heterocycles. The number of carbonyl (C=O) groups is 1. The van der Waals surface area contributed by atoms with Crippen molar-refractivity contribution in [2.24, 2.45) is 0 Å². The Labute approximate surface area is 87.1 Å². The number of carboxylic acid groups (broad SMARTS) is 1. The Morgan fingerprint density at radius 3 is 2.92 bits per heavy atom. The zero-order chi connectivity index (χ0) is 8.97. The van der Waals surface area contributed by atoms with Gasteiger partial charge in [-0.25, -0.2) is 0 Å². The molecule has 0 unspecified atom stereocenters. The average Bonchev–Trinajstić information content (AvgIpc) is 2.47. The Kier molecular flexibility index (Phi) is 5.37. The highest BCUT2D eigenvalue weighted by Crippen LogP contribution is 2.07. The topological polar surface area (TPSA) is 66.0 Å². The first-order valence-electron chi connectivity index (χ1n) is 3.97. The lowest BCUT2D eigenvalue weighted by atomic mass is 10.1. The van der Waals surface area contributed by atoms with Gasteiger partial charge in [0.15, 0.2) is 0 Å². The smallest absolute Gasteiger partial charge is 0.303 e. The van der Waals surface area contributed by atoms with Crippen molar-refractivity contribution in [1.82, 2.24) is 10.2 Å². The number of aryl methyl sites for hydroxylation is 2. The minimum Gasteiger partial charge on any atom is -0.481 e. The van der Waals surface area contributed by atoms with Crippen molar-refractivity contribution < 1.29 is 9.90 Å². The first-order valence-corrected chi connectivity index (χ1v) is 3.97. The molecule has 2 N–H and O–H groups in total. The van der Waals surface area contributed by atoms with E-state index in [4.69, 9.17) is 5.11 Å². The summed E-state index contributed by atoms with van der Waals surface area (Å²) in [7, 11) is 0. The molecule has 0 aliphatic rings. The molecule has 0 radical (unpaired) electrons. The van der Waals surface area contributed by atoms with Crippen LogP contribution in [0.1, 0.15) is 24.6 Å². The monoisotopic (exact) mass is 248 g/mol. The largest absolute Gasteiger partial charge is 0.481 e. The van der Waals surface area contributed by atoms with E-state index in [1.165, 1.54) is 0 Å². The molecule has 4 nitrogen and oxygen atoms in total. The number of H-pyrrole nitrogens is 1. The Bertz CT molecular complexity index is 273. The molecule has 0 atom stereocenters. The zero-order valence-corrected chi connectivity index (χ0v) is 9.12. The lowest BCUT2D eigenvalue weighted by Gasteiger charge is -1.96. The predicted octanol–water partition coefficient (Wildman–Crippen LogP) is 1.57. The molecule has 0 amide bonds. The van der Waals surface area contributed by atoms with Crippen LogP contribution in [0.3, 0.4) is 0 Å². The third-order valence-corrected chi connectivity index (χ3v) is 1.77. The molecular weight excluding hydrogens is 236 g/mol. The summed E-state index contributed by atoms with van der Waals surface area (Å²) in [4.78, 5) is 10.3. The third kappa shape index (κ3) is 3.59. The van der Waals surface area contributed by atoms with Gasteiger partial charge in [0.2, 0.25) is 0 Å². The van der Waals surface area contributed by atoms with E-state index < -0.39 is 5.97 Å². The van der Waals surface area contributed by atoms with Crippen LogP contribution in [-0.2, 0) is 17.6 Å². The van der Waals surface area contributed by atoms with Gasteiger partial charge in [0.25, 0.3) is 0 Å². The molecule has 5 heteroatoms. The highest BCUT2D eigenvalue weighted by Gasteiger charge is 2.04. The molecule has 0 saturated heterocycles. The second-order valence-electron chi connectivity index (χ2n) is 2.62. The highest BCUT2D eigenvalue weighted by atomic mass is 79.9. The van der Waals surface area contributed by atoms with Crippen molar-refractivity contribution in [1.29, 1.82) is 0 Å². The molecule has 0 saturated carbocycles. The number of hydrogen-bond donors (Lipinski definition) is 2. The van der Waals surface area contributed by atoms with Crippen molar-refractivity contribution >= 4 is 23.0 Å². The second-order valence-corrected chi connectivity index (χ2v) is 2.62. The van der Waals surface area contributed by atoms with Crippen molar-refractivity contribution in [2.45, 2.75) is 26.2 Å². The molecule has 1 aromatic heterocycles. The molecule has 0 bridgehead atoms. The standard InChI is InChI=1S/C8H12N2O2.BrH/c1-2-7-6(5-9-10-7)3-4-8(11)12;/h5H,2-4H2,1H3,(H,9,10)(H,11,12);1H. The first kappa shape index (κ1) is 12.2. The van der Waals surface area contributed by atoms with Crippen LogP contribution in [0, 0.1) is 0 Å². The highest BCUT2D eigenvalue weighted by molar-refractivity contribution is 8.93. The lowest BCUT2D eigenvalue weighted by Crippen LogP contribution is -1.98. The van der Waals surface area contributed by atoms with Crippen LogP contribution in [0.2, 0.25) is 0 Å². The fourth-order valence-electron chi connectivity index (χ4n) is 1.10. The van der Waals surface area contributed by atoms with E-state index >= 15 is 0 Å². The maximum atomic E-state index is 10.3. The number of nitrogens with zero attached hydrogens (tertiary/aromatic N) is 1. The third-order valence-electron chi connectivity index (χ3n) is 1.77. The molecule has 0 fully saturated rings. The number of rotatable bonds is 4. The maximum absolute atomic E-state index is 10.3. The van der Waals surface area contributed by atoms with Gasteiger partial charge in [-0.1, -0.05) is 6.92 Å². The van der Waals surface area contributed by atoms with Crippen LogP contribution >= 0.6 is 17.0 Å². The number of carboxylic acids is 1. The van der Waals surface area contributed by atoms with Crippen LogP contribution in [0.4, 0.5) is 0 Å². The molecule has 0 aliphatic heterocycles. The van der Waals surface area contributed by atoms with Crippen molar-refractivity contribution in [3.05, 3.63) is 17.5 Å². The van der Waals surface area contributed by atoms with E-state index in [9.17, 15) is 4.79 Å². The van der Waals surface area contributed by atoms with E-state index in [0.717, 1.165) is 17.7 Å². The summed E-state index contributed by atoms with van der Waals surface area (Å²) in [6.45, 7) is 2.01. The number of nitrogens with one attached hydrogen (secondary N) is 1. The SMILES string of the molecule is Br.CCc1[nH]ncc1CCC(=O)O. The summed E-state index contributed by atoms with van der Waals surface area (Å²) < 4.78 is 0. The molecular formula is C8H13BrN2O2. The van der Waals surface area contributed by atoms with Crippen LogP contribution in [0.25, 0.3) is 0 Å². The summed E-state index contributed by atoms with van der Waals surface area (Å²) >= 11 is 0. The Hall–Kier alpha value is -0.840. The number of aliphatic carboxylic acids is 1.